The molecule has 0 fully saturated rings. The maximum atomic E-state index is 10.5. The van der Waals surface area contributed by atoms with Gasteiger partial charge in [0.2, 0.25) is 11.7 Å². The lowest BCUT2D eigenvalue weighted by Gasteiger charge is -1.84. The van der Waals surface area contributed by atoms with Gasteiger partial charge < -0.3 is 14.0 Å². The Morgan fingerprint density at radius 3 is 2.86 bits per heavy atom. The second-order valence-corrected chi connectivity index (χ2v) is 2.66. The summed E-state index contributed by atoms with van der Waals surface area (Å²) in [6.45, 7) is 1.72. The number of carboxylic acid groups (broad SMARTS) is 1. The molecule has 0 aromatic carbocycles. The van der Waals surface area contributed by atoms with E-state index in [0.29, 0.717) is 11.5 Å². The molecule has 0 spiro atoms. The van der Waals surface area contributed by atoms with Crippen molar-refractivity contribution in [3.63, 3.8) is 0 Å². The van der Waals surface area contributed by atoms with E-state index in [4.69, 9.17) is 14.0 Å². The molecule has 0 aliphatic rings. The van der Waals surface area contributed by atoms with Gasteiger partial charge in [-0.1, -0.05) is 5.16 Å². The van der Waals surface area contributed by atoms with Crippen LogP contribution in [0.2, 0.25) is 0 Å². The van der Waals surface area contributed by atoms with E-state index in [1.54, 1.807) is 13.0 Å². The molecular weight excluding hydrogens is 188 g/mol. The number of oxazole rings is 1. The van der Waals surface area contributed by atoms with Gasteiger partial charge >= 0.3 is 5.97 Å². The van der Waals surface area contributed by atoms with Crippen molar-refractivity contribution >= 4 is 5.97 Å². The summed E-state index contributed by atoms with van der Waals surface area (Å²) in [7, 11) is 0. The third kappa shape index (κ3) is 1.37. The Kier molecular flexibility index (Phi) is 1.81. The number of hydrogen-bond donors (Lipinski definition) is 1. The van der Waals surface area contributed by atoms with E-state index in [2.05, 4.69) is 10.1 Å². The Balaban J connectivity index is 2.38. The number of hydrogen-bond acceptors (Lipinski definition) is 5. The average Bonchev–Trinajstić information content (AvgIpc) is 2.70. The van der Waals surface area contributed by atoms with Gasteiger partial charge in [-0.2, -0.15) is 0 Å². The van der Waals surface area contributed by atoms with Crippen molar-refractivity contribution in [2.24, 2.45) is 0 Å². The highest BCUT2D eigenvalue weighted by atomic mass is 16.5. The first kappa shape index (κ1) is 8.49. The molecule has 2 rings (SSSR count). The molecule has 1 N–H and O–H groups in total. The maximum Gasteiger partial charge on any atom is 0.373 e. The van der Waals surface area contributed by atoms with Gasteiger partial charge in [-0.3, -0.25) is 0 Å². The van der Waals surface area contributed by atoms with Gasteiger partial charge in [0.1, 0.15) is 5.76 Å². The van der Waals surface area contributed by atoms with Crippen LogP contribution in [-0.4, -0.2) is 21.2 Å². The monoisotopic (exact) mass is 194 g/mol. The van der Waals surface area contributed by atoms with Gasteiger partial charge in [-0.25, -0.2) is 9.78 Å². The quantitative estimate of drug-likeness (QED) is 0.775. The van der Waals surface area contributed by atoms with Crippen LogP contribution in [0.1, 0.15) is 16.3 Å². The topological polar surface area (TPSA) is 89.4 Å². The molecule has 6 nitrogen and oxygen atoms in total. The Labute approximate surface area is 78.2 Å². The Morgan fingerprint density at radius 2 is 2.36 bits per heavy atom. The summed E-state index contributed by atoms with van der Waals surface area (Å²) in [4.78, 5) is 14.2. The van der Waals surface area contributed by atoms with E-state index >= 15 is 0 Å². The minimum atomic E-state index is -1.16. The van der Waals surface area contributed by atoms with E-state index in [1.165, 1.54) is 0 Å². The van der Waals surface area contributed by atoms with E-state index < -0.39 is 5.97 Å². The second-order valence-electron chi connectivity index (χ2n) is 2.66. The molecule has 2 aromatic rings. The first-order valence-electron chi connectivity index (χ1n) is 3.79. The lowest BCUT2D eigenvalue weighted by molar-refractivity contribution is 0.0663. The molecule has 2 aromatic heterocycles. The lowest BCUT2D eigenvalue weighted by atomic mass is 10.4. The summed E-state index contributed by atoms with van der Waals surface area (Å²) in [5.41, 5.74) is 0.384. The summed E-state index contributed by atoms with van der Waals surface area (Å²) < 4.78 is 9.70. The van der Waals surface area contributed by atoms with Gasteiger partial charge in [0, 0.05) is 6.07 Å². The molecule has 0 unspecified atom stereocenters. The van der Waals surface area contributed by atoms with Crippen LogP contribution in [0, 0.1) is 6.92 Å². The fourth-order valence-electron chi connectivity index (χ4n) is 0.959. The number of carbonyl (C=O) groups is 1. The first-order chi connectivity index (χ1) is 6.66. The smallest absolute Gasteiger partial charge is 0.373 e. The van der Waals surface area contributed by atoms with Crippen molar-refractivity contribution in [2.45, 2.75) is 6.92 Å². The Hall–Kier alpha value is -2.11. The minimum Gasteiger partial charge on any atom is -0.475 e. The molecule has 0 radical (unpaired) electrons. The SMILES string of the molecule is Cc1cc(-c2ncc(C(=O)O)o2)no1. The van der Waals surface area contributed by atoms with Crippen LogP contribution in [0.4, 0.5) is 0 Å². The number of carboxylic acids is 1. The molecule has 0 amide bonds. The number of nitrogens with zero attached hydrogens (tertiary/aromatic N) is 2. The second kappa shape index (κ2) is 2.99. The summed E-state index contributed by atoms with van der Waals surface area (Å²) in [5, 5.41) is 12.2. The number of aromatic nitrogens is 2. The highest BCUT2D eigenvalue weighted by Gasteiger charge is 2.14. The molecule has 0 atom stereocenters. The standard InChI is InChI=1S/C8H6N2O4/c1-4-2-5(10-14-4)7-9-3-6(13-7)8(11)12/h2-3H,1H3,(H,11,12). The van der Waals surface area contributed by atoms with Crippen LogP contribution in [0.5, 0.6) is 0 Å². The molecule has 0 bridgehead atoms. The van der Waals surface area contributed by atoms with Crippen molar-refractivity contribution in [1.29, 1.82) is 0 Å². The van der Waals surface area contributed by atoms with Gasteiger partial charge in [-0.15, -0.1) is 0 Å². The van der Waals surface area contributed by atoms with Gasteiger partial charge in [0.25, 0.3) is 0 Å². The third-order valence-electron chi connectivity index (χ3n) is 1.56. The lowest BCUT2D eigenvalue weighted by Crippen LogP contribution is -1.91. The van der Waals surface area contributed by atoms with Crippen LogP contribution in [0.3, 0.4) is 0 Å². The zero-order valence-corrected chi connectivity index (χ0v) is 7.22. The van der Waals surface area contributed by atoms with Crippen LogP contribution >= 0.6 is 0 Å². The van der Waals surface area contributed by atoms with Crippen molar-refractivity contribution < 1.29 is 18.8 Å². The highest BCUT2D eigenvalue weighted by molar-refractivity contribution is 5.84. The van der Waals surface area contributed by atoms with Crippen LogP contribution in [0.15, 0.2) is 21.2 Å². The Bertz CT molecular complexity index is 471. The molecule has 0 saturated carbocycles. The summed E-state index contributed by atoms with van der Waals surface area (Å²) >= 11 is 0. The fourth-order valence-corrected chi connectivity index (χ4v) is 0.959. The van der Waals surface area contributed by atoms with Crippen molar-refractivity contribution in [2.75, 3.05) is 0 Å². The largest absolute Gasteiger partial charge is 0.475 e. The number of aryl methyl sites for hydroxylation is 1. The predicted octanol–water partition coefficient (Wildman–Crippen LogP) is 1.34. The molecule has 2 heterocycles. The molecule has 14 heavy (non-hydrogen) atoms. The average molecular weight is 194 g/mol. The maximum absolute atomic E-state index is 10.5. The van der Waals surface area contributed by atoms with Gasteiger partial charge in [0.05, 0.1) is 6.20 Å². The highest BCUT2D eigenvalue weighted by Crippen LogP contribution is 2.18. The van der Waals surface area contributed by atoms with Crippen molar-refractivity contribution in [3.8, 4) is 11.6 Å². The molecular formula is C8H6N2O4. The number of rotatable bonds is 2. The first-order valence-corrected chi connectivity index (χ1v) is 3.79. The number of aromatic carboxylic acids is 1. The van der Waals surface area contributed by atoms with Crippen LogP contribution < -0.4 is 0 Å². The van der Waals surface area contributed by atoms with Crippen molar-refractivity contribution in [3.05, 3.63) is 23.8 Å². The van der Waals surface area contributed by atoms with Crippen LogP contribution in [-0.2, 0) is 0 Å². The van der Waals surface area contributed by atoms with E-state index in [1.807, 2.05) is 0 Å². The summed E-state index contributed by atoms with van der Waals surface area (Å²) in [6.07, 6.45) is 1.13. The molecule has 6 heteroatoms. The predicted molar refractivity (Wildman–Crippen MR) is 43.7 cm³/mol. The third-order valence-corrected chi connectivity index (χ3v) is 1.56. The molecule has 0 aliphatic heterocycles. The summed E-state index contributed by atoms with van der Waals surface area (Å²) in [5.74, 6) is -0.640. The van der Waals surface area contributed by atoms with Gasteiger partial charge in [0.15, 0.2) is 5.69 Å². The minimum absolute atomic E-state index is 0.138. The van der Waals surface area contributed by atoms with Crippen molar-refractivity contribution in [1.82, 2.24) is 10.1 Å². The molecule has 0 aliphatic carbocycles. The fraction of sp³-hybridized carbons (Fsp3) is 0.125. The van der Waals surface area contributed by atoms with Gasteiger partial charge in [-0.05, 0) is 6.92 Å². The van der Waals surface area contributed by atoms with E-state index in [0.717, 1.165) is 6.20 Å². The molecule has 0 saturated heterocycles. The molecule has 72 valence electrons. The zero-order valence-electron chi connectivity index (χ0n) is 7.22. The van der Waals surface area contributed by atoms with E-state index in [9.17, 15) is 4.79 Å². The summed E-state index contributed by atoms with van der Waals surface area (Å²) in [6, 6.07) is 1.61. The zero-order chi connectivity index (χ0) is 10.1. The van der Waals surface area contributed by atoms with Crippen LogP contribution in [0.25, 0.3) is 11.6 Å². The Morgan fingerprint density at radius 1 is 1.57 bits per heavy atom. The van der Waals surface area contributed by atoms with E-state index in [-0.39, 0.29) is 11.7 Å². The normalized spacial score (nSPS) is 10.4.